The molecular formula is C22H18FN5O2. The SMILES string of the molecule is COc1ccccc1-c1cc(C(=O)NCc2cc(-c3ccc(F)cc3)ncn2)[nH]n1. The number of nitrogens with one attached hydrogen (secondary N) is 2. The molecule has 4 aromatic rings. The van der Waals surface area contributed by atoms with E-state index in [9.17, 15) is 9.18 Å². The van der Waals surface area contributed by atoms with E-state index in [1.54, 1.807) is 31.4 Å². The van der Waals surface area contributed by atoms with Crippen LogP contribution in [0.2, 0.25) is 0 Å². The van der Waals surface area contributed by atoms with Gasteiger partial charge in [0.1, 0.15) is 23.6 Å². The summed E-state index contributed by atoms with van der Waals surface area (Å²) in [5.41, 5.74) is 3.76. The molecular weight excluding hydrogens is 385 g/mol. The second-order valence-corrected chi connectivity index (χ2v) is 6.45. The van der Waals surface area contributed by atoms with Crippen LogP contribution in [0.1, 0.15) is 16.2 Å². The first-order chi connectivity index (χ1) is 14.6. The molecule has 0 aliphatic heterocycles. The lowest BCUT2D eigenvalue weighted by atomic mass is 10.1. The summed E-state index contributed by atoms with van der Waals surface area (Å²) in [5, 5.41) is 9.76. The molecule has 7 nitrogen and oxygen atoms in total. The lowest BCUT2D eigenvalue weighted by molar-refractivity contribution is 0.0945. The van der Waals surface area contributed by atoms with Crippen LogP contribution in [-0.4, -0.2) is 33.2 Å². The first-order valence-electron chi connectivity index (χ1n) is 9.18. The number of carbonyl (C=O) groups excluding carboxylic acids is 1. The minimum absolute atomic E-state index is 0.207. The van der Waals surface area contributed by atoms with Gasteiger partial charge in [-0.15, -0.1) is 0 Å². The van der Waals surface area contributed by atoms with Crippen LogP contribution in [0, 0.1) is 5.82 Å². The highest BCUT2D eigenvalue weighted by Gasteiger charge is 2.14. The largest absolute Gasteiger partial charge is 0.496 e. The number of hydrogen-bond donors (Lipinski definition) is 2. The quantitative estimate of drug-likeness (QED) is 0.513. The average molecular weight is 403 g/mol. The van der Waals surface area contributed by atoms with Crippen molar-refractivity contribution in [2.24, 2.45) is 0 Å². The van der Waals surface area contributed by atoms with Crippen molar-refractivity contribution < 1.29 is 13.9 Å². The van der Waals surface area contributed by atoms with Crippen LogP contribution in [0.3, 0.4) is 0 Å². The highest BCUT2D eigenvalue weighted by molar-refractivity contribution is 5.93. The number of aromatic amines is 1. The van der Waals surface area contributed by atoms with Gasteiger partial charge in [-0.2, -0.15) is 5.10 Å². The number of methoxy groups -OCH3 is 1. The highest BCUT2D eigenvalue weighted by Crippen LogP contribution is 2.28. The molecule has 0 saturated heterocycles. The predicted octanol–water partition coefficient (Wildman–Crippen LogP) is 3.61. The molecule has 4 rings (SSSR count). The molecule has 1 amide bonds. The molecule has 0 unspecified atom stereocenters. The maximum absolute atomic E-state index is 13.1. The van der Waals surface area contributed by atoms with Crippen LogP contribution in [-0.2, 0) is 6.54 Å². The molecule has 30 heavy (non-hydrogen) atoms. The fourth-order valence-electron chi connectivity index (χ4n) is 2.97. The molecule has 0 spiro atoms. The molecule has 0 saturated carbocycles. The van der Waals surface area contributed by atoms with Gasteiger partial charge >= 0.3 is 0 Å². The van der Waals surface area contributed by atoms with E-state index in [0.29, 0.717) is 28.5 Å². The Kier molecular flexibility index (Phi) is 5.47. The molecule has 2 aromatic heterocycles. The Bertz CT molecular complexity index is 1170. The predicted molar refractivity (Wildman–Crippen MR) is 109 cm³/mol. The summed E-state index contributed by atoms with van der Waals surface area (Å²) in [4.78, 5) is 20.9. The molecule has 2 N–H and O–H groups in total. The number of nitrogens with zero attached hydrogens (tertiary/aromatic N) is 3. The molecule has 2 heterocycles. The molecule has 8 heteroatoms. The van der Waals surface area contributed by atoms with Crippen molar-refractivity contribution in [2.45, 2.75) is 6.54 Å². The van der Waals surface area contributed by atoms with Crippen molar-refractivity contribution in [1.29, 1.82) is 0 Å². The summed E-state index contributed by atoms with van der Waals surface area (Å²) in [6.07, 6.45) is 1.41. The molecule has 0 aliphatic rings. The van der Waals surface area contributed by atoms with Gasteiger partial charge in [0.15, 0.2) is 0 Å². The fraction of sp³-hybridized carbons (Fsp3) is 0.0909. The second kappa shape index (κ2) is 8.52. The number of hydrogen-bond acceptors (Lipinski definition) is 5. The van der Waals surface area contributed by atoms with E-state index >= 15 is 0 Å². The van der Waals surface area contributed by atoms with E-state index in [0.717, 1.165) is 11.1 Å². The molecule has 0 radical (unpaired) electrons. The minimum atomic E-state index is -0.314. The molecule has 0 fully saturated rings. The van der Waals surface area contributed by atoms with Crippen molar-refractivity contribution in [2.75, 3.05) is 7.11 Å². The van der Waals surface area contributed by atoms with Gasteiger partial charge in [0, 0.05) is 11.1 Å². The summed E-state index contributed by atoms with van der Waals surface area (Å²) >= 11 is 0. The minimum Gasteiger partial charge on any atom is -0.496 e. The highest BCUT2D eigenvalue weighted by atomic mass is 19.1. The molecule has 0 atom stereocenters. The smallest absolute Gasteiger partial charge is 0.269 e. The number of rotatable bonds is 6. The average Bonchev–Trinajstić information content (AvgIpc) is 3.28. The Balaban J connectivity index is 1.45. The van der Waals surface area contributed by atoms with Gasteiger partial charge in [-0.3, -0.25) is 9.89 Å². The fourth-order valence-corrected chi connectivity index (χ4v) is 2.97. The van der Waals surface area contributed by atoms with Gasteiger partial charge in [0.05, 0.1) is 30.7 Å². The lowest BCUT2D eigenvalue weighted by Crippen LogP contribution is -2.23. The Morgan fingerprint density at radius 3 is 2.67 bits per heavy atom. The number of para-hydroxylation sites is 1. The van der Waals surface area contributed by atoms with Crippen LogP contribution in [0.5, 0.6) is 5.75 Å². The van der Waals surface area contributed by atoms with E-state index in [1.807, 2.05) is 24.3 Å². The Morgan fingerprint density at radius 2 is 1.87 bits per heavy atom. The first kappa shape index (κ1) is 19.3. The van der Waals surface area contributed by atoms with Crippen LogP contribution in [0.15, 0.2) is 67.0 Å². The maximum Gasteiger partial charge on any atom is 0.269 e. The lowest BCUT2D eigenvalue weighted by Gasteiger charge is -2.06. The standard InChI is InChI=1S/C22H18FN5O2/c1-30-21-5-3-2-4-17(21)19-11-20(28-27-19)22(29)24-12-16-10-18(26-13-25-16)14-6-8-15(23)9-7-14/h2-11,13H,12H2,1H3,(H,24,29)(H,27,28). The number of ether oxygens (including phenoxy) is 1. The van der Waals surface area contributed by atoms with Crippen molar-refractivity contribution >= 4 is 5.91 Å². The number of halogens is 1. The third-order valence-corrected chi connectivity index (χ3v) is 4.50. The zero-order valence-corrected chi connectivity index (χ0v) is 16.1. The van der Waals surface area contributed by atoms with Crippen molar-refractivity contribution in [3.8, 4) is 28.3 Å². The third kappa shape index (κ3) is 4.17. The van der Waals surface area contributed by atoms with E-state index in [-0.39, 0.29) is 18.3 Å². The first-order valence-corrected chi connectivity index (χ1v) is 9.18. The van der Waals surface area contributed by atoms with E-state index in [1.165, 1.54) is 18.5 Å². The van der Waals surface area contributed by atoms with Crippen molar-refractivity contribution in [3.63, 3.8) is 0 Å². The van der Waals surface area contributed by atoms with Crippen LogP contribution >= 0.6 is 0 Å². The number of H-pyrrole nitrogens is 1. The summed E-state index contributed by atoms with van der Waals surface area (Å²) in [6, 6.07) is 16.9. The van der Waals surface area contributed by atoms with Crippen molar-refractivity contribution in [3.05, 3.63) is 84.2 Å². The Morgan fingerprint density at radius 1 is 1.07 bits per heavy atom. The number of benzene rings is 2. The monoisotopic (exact) mass is 403 g/mol. The van der Waals surface area contributed by atoms with Crippen LogP contribution < -0.4 is 10.1 Å². The third-order valence-electron chi connectivity index (χ3n) is 4.50. The Labute approximate surface area is 172 Å². The van der Waals surface area contributed by atoms with Gasteiger partial charge in [-0.25, -0.2) is 14.4 Å². The van der Waals surface area contributed by atoms with Gasteiger partial charge in [-0.1, -0.05) is 12.1 Å². The van der Waals surface area contributed by atoms with Gasteiger partial charge < -0.3 is 10.1 Å². The summed E-state index contributed by atoms with van der Waals surface area (Å²) in [7, 11) is 1.58. The number of carbonyl (C=O) groups is 1. The number of aromatic nitrogens is 4. The number of amides is 1. The van der Waals surface area contributed by atoms with Crippen molar-refractivity contribution in [1.82, 2.24) is 25.5 Å². The molecule has 0 aliphatic carbocycles. The van der Waals surface area contributed by atoms with Crippen LogP contribution in [0.4, 0.5) is 4.39 Å². The molecule has 0 bridgehead atoms. The summed E-state index contributed by atoms with van der Waals surface area (Å²) < 4.78 is 18.4. The van der Waals surface area contributed by atoms with E-state index in [4.69, 9.17) is 4.74 Å². The second-order valence-electron chi connectivity index (χ2n) is 6.45. The van der Waals surface area contributed by atoms with Gasteiger partial charge in [0.2, 0.25) is 0 Å². The molecule has 2 aromatic carbocycles. The van der Waals surface area contributed by atoms with E-state index < -0.39 is 0 Å². The van der Waals surface area contributed by atoms with Gasteiger partial charge in [-0.05, 0) is 48.5 Å². The van der Waals surface area contributed by atoms with Gasteiger partial charge in [0.25, 0.3) is 5.91 Å². The summed E-state index contributed by atoms with van der Waals surface area (Å²) in [6.45, 7) is 0.207. The van der Waals surface area contributed by atoms with E-state index in [2.05, 4.69) is 25.5 Å². The summed E-state index contributed by atoms with van der Waals surface area (Å²) in [5.74, 6) is 0.0446. The zero-order chi connectivity index (χ0) is 20.9. The maximum atomic E-state index is 13.1. The molecule has 150 valence electrons. The zero-order valence-electron chi connectivity index (χ0n) is 16.1. The Hall–Kier alpha value is -4.07. The topological polar surface area (TPSA) is 92.8 Å². The normalized spacial score (nSPS) is 10.6. The van der Waals surface area contributed by atoms with Crippen LogP contribution in [0.25, 0.3) is 22.5 Å².